The monoisotopic (exact) mass is 384 g/mol. The van der Waals surface area contributed by atoms with Crippen molar-refractivity contribution in [2.75, 3.05) is 7.11 Å². The van der Waals surface area contributed by atoms with Crippen LogP contribution in [-0.4, -0.2) is 18.9 Å². The molecule has 1 aliphatic rings. The zero-order valence-corrected chi connectivity index (χ0v) is 15.9. The average Bonchev–Trinajstić information content (AvgIpc) is 2.79. The van der Waals surface area contributed by atoms with Crippen LogP contribution in [0.25, 0.3) is 5.70 Å². The second-order valence-electron chi connectivity index (χ2n) is 6.65. The summed E-state index contributed by atoms with van der Waals surface area (Å²) in [7, 11) is 1.60. The number of ketones is 1. The van der Waals surface area contributed by atoms with Crippen LogP contribution in [0.1, 0.15) is 27.5 Å². The lowest BCUT2D eigenvalue weighted by Crippen LogP contribution is -2.45. The summed E-state index contributed by atoms with van der Waals surface area (Å²) in [6.07, 6.45) is 0. The van der Waals surface area contributed by atoms with Crippen LogP contribution >= 0.6 is 0 Å². The maximum Gasteiger partial charge on any atom is 0.320 e. The number of nitrogens with one attached hydrogen (secondary N) is 2. The van der Waals surface area contributed by atoms with Crippen LogP contribution in [0.2, 0.25) is 0 Å². The van der Waals surface area contributed by atoms with Crippen molar-refractivity contribution in [3.8, 4) is 5.75 Å². The third-order valence-corrected chi connectivity index (χ3v) is 4.86. The normalized spacial score (nSPS) is 16.0. The van der Waals surface area contributed by atoms with Gasteiger partial charge in [-0.3, -0.25) is 4.79 Å². The first-order valence-corrected chi connectivity index (χ1v) is 9.28. The molecule has 0 aliphatic carbocycles. The van der Waals surface area contributed by atoms with Crippen molar-refractivity contribution in [1.82, 2.24) is 10.6 Å². The summed E-state index contributed by atoms with van der Waals surface area (Å²) in [5, 5.41) is 5.74. The fourth-order valence-corrected chi connectivity index (χ4v) is 3.43. The first-order chi connectivity index (χ1) is 14.2. The van der Waals surface area contributed by atoms with E-state index in [9.17, 15) is 9.59 Å². The summed E-state index contributed by atoms with van der Waals surface area (Å²) in [5.41, 5.74) is 3.15. The van der Waals surface area contributed by atoms with Crippen molar-refractivity contribution < 1.29 is 14.3 Å². The number of urea groups is 1. The Labute approximate surface area is 169 Å². The number of ether oxygens (including phenoxy) is 1. The van der Waals surface area contributed by atoms with E-state index in [1.165, 1.54) is 0 Å². The highest BCUT2D eigenvalue weighted by Gasteiger charge is 2.33. The fourth-order valence-electron chi connectivity index (χ4n) is 3.43. The van der Waals surface area contributed by atoms with E-state index in [2.05, 4.69) is 10.6 Å². The van der Waals surface area contributed by atoms with E-state index in [4.69, 9.17) is 4.74 Å². The molecule has 5 heteroatoms. The summed E-state index contributed by atoms with van der Waals surface area (Å²) < 4.78 is 5.23. The molecule has 3 aromatic carbocycles. The second kappa shape index (κ2) is 8.02. The summed E-state index contributed by atoms with van der Waals surface area (Å²) in [5.74, 6) is 0.565. The molecule has 2 N–H and O–H groups in total. The fraction of sp³-hybridized carbons (Fsp3) is 0.0833. The molecule has 3 aromatic rings. The highest BCUT2D eigenvalue weighted by molar-refractivity contribution is 6.16. The number of benzene rings is 3. The van der Waals surface area contributed by atoms with Crippen molar-refractivity contribution in [3.05, 3.63) is 107 Å². The molecule has 144 valence electrons. The molecular formula is C24H20N2O3. The average molecular weight is 384 g/mol. The lowest BCUT2D eigenvalue weighted by Gasteiger charge is -2.30. The van der Waals surface area contributed by atoms with Gasteiger partial charge < -0.3 is 15.4 Å². The van der Waals surface area contributed by atoms with Crippen LogP contribution in [-0.2, 0) is 0 Å². The van der Waals surface area contributed by atoms with Gasteiger partial charge in [0.05, 0.1) is 24.4 Å². The molecule has 29 heavy (non-hydrogen) atoms. The number of rotatable bonds is 5. The van der Waals surface area contributed by atoms with Crippen molar-refractivity contribution in [2.24, 2.45) is 0 Å². The van der Waals surface area contributed by atoms with Crippen molar-refractivity contribution >= 4 is 17.5 Å². The van der Waals surface area contributed by atoms with Crippen LogP contribution in [0.3, 0.4) is 0 Å². The van der Waals surface area contributed by atoms with E-state index >= 15 is 0 Å². The number of Topliss-reactive ketones (excluding diaryl/α,β-unsaturated/α-hetero) is 1. The first kappa shape index (κ1) is 18.5. The lowest BCUT2D eigenvalue weighted by molar-refractivity contribution is 0.102. The van der Waals surface area contributed by atoms with Crippen LogP contribution < -0.4 is 15.4 Å². The Hall–Kier alpha value is -3.86. The van der Waals surface area contributed by atoms with E-state index in [1.807, 2.05) is 72.8 Å². The molecule has 4 rings (SSSR count). The van der Waals surface area contributed by atoms with Gasteiger partial charge in [-0.2, -0.15) is 0 Å². The van der Waals surface area contributed by atoms with E-state index in [1.54, 1.807) is 19.2 Å². The Kier molecular flexibility index (Phi) is 5.12. The highest BCUT2D eigenvalue weighted by atomic mass is 16.5. The molecule has 0 spiro atoms. The number of methoxy groups -OCH3 is 1. The van der Waals surface area contributed by atoms with Crippen molar-refractivity contribution in [3.63, 3.8) is 0 Å². The van der Waals surface area contributed by atoms with Gasteiger partial charge in [0.15, 0.2) is 5.78 Å². The first-order valence-electron chi connectivity index (χ1n) is 9.28. The molecule has 0 radical (unpaired) electrons. The number of carbonyl (C=O) groups excluding carboxylic acids is 2. The number of carbonyl (C=O) groups is 2. The molecule has 0 saturated heterocycles. The molecule has 0 aromatic heterocycles. The zero-order chi connectivity index (χ0) is 20.2. The Morgan fingerprint density at radius 2 is 1.48 bits per heavy atom. The topological polar surface area (TPSA) is 67.4 Å². The Morgan fingerprint density at radius 1 is 0.862 bits per heavy atom. The maximum absolute atomic E-state index is 13.5. The quantitative estimate of drug-likeness (QED) is 0.643. The van der Waals surface area contributed by atoms with E-state index < -0.39 is 6.04 Å². The van der Waals surface area contributed by atoms with Crippen LogP contribution in [0.4, 0.5) is 4.79 Å². The minimum absolute atomic E-state index is 0.141. The molecule has 1 heterocycles. The summed E-state index contributed by atoms with van der Waals surface area (Å²) in [4.78, 5) is 26.0. The Bertz CT molecular complexity index is 1060. The van der Waals surface area contributed by atoms with Crippen molar-refractivity contribution in [2.45, 2.75) is 6.04 Å². The smallest absolute Gasteiger partial charge is 0.320 e. The lowest BCUT2D eigenvalue weighted by atomic mass is 9.87. The maximum atomic E-state index is 13.5. The third kappa shape index (κ3) is 3.75. The van der Waals surface area contributed by atoms with Gasteiger partial charge in [-0.25, -0.2) is 4.79 Å². The summed E-state index contributed by atoms with van der Waals surface area (Å²) >= 11 is 0. The molecule has 1 aliphatic heterocycles. The minimum Gasteiger partial charge on any atom is -0.497 e. The Balaban J connectivity index is 1.90. The predicted octanol–water partition coefficient (Wildman–Crippen LogP) is 4.34. The molecule has 0 bridgehead atoms. The molecule has 0 fully saturated rings. The second-order valence-corrected chi connectivity index (χ2v) is 6.65. The van der Waals surface area contributed by atoms with Gasteiger partial charge in [-0.1, -0.05) is 72.8 Å². The third-order valence-electron chi connectivity index (χ3n) is 4.86. The number of hydrogen-bond acceptors (Lipinski definition) is 3. The minimum atomic E-state index is -0.586. The number of amides is 2. The highest BCUT2D eigenvalue weighted by Crippen LogP contribution is 2.34. The van der Waals surface area contributed by atoms with Gasteiger partial charge in [-0.15, -0.1) is 0 Å². The van der Waals surface area contributed by atoms with Crippen LogP contribution in [0.5, 0.6) is 5.75 Å². The molecule has 1 atom stereocenters. The van der Waals surface area contributed by atoms with Gasteiger partial charge in [0.1, 0.15) is 5.75 Å². The van der Waals surface area contributed by atoms with E-state index in [-0.39, 0.29) is 11.8 Å². The summed E-state index contributed by atoms with van der Waals surface area (Å²) in [6, 6.07) is 24.9. The van der Waals surface area contributed by atoms with Crippen molar-refractivity contribution in [1.29, 1.82) is 0 Å². The Morgan fingerprint density at radius 3 is 2.10 bits per heavy atom. The van der Waals surface area contributed by atoms with Gasteiger partial charge >= 0.3 is 6.03 Å². The zero-order valence-electron chi connectivity index (χ0n) is 15.9. The van der Waals surface area contributed by atoms with Crippen LogP contribution in [0, 0.1) is 0 Å². The molecule has 2 amide bonds. The van der Waals surface area contributed by atoms with Gasteiger partial charge in [-0.05, 0) is 23.3 Å². The van der Waals surface area contributed by atoms with Gasteiger partial charge in [0, 0.05) is 5.56 Å². The van der Waals surface area contributed by atoms with E-state index in [0.717, 1.165) is 11.1 Å². The summed E-state index contributed by atoms with van der Waals surface area (Å²) in [6.45, 7) is 0. The molecular weight excluding hydrogens is 364 g/mol. The van der Waals surface area contributed by atoms with E-state index in [0.29, 0.717) is 22.6 Å². The van der Waals surface area contributed by atoms with Gasteiger partial charge in [0.2, 0.25) is 0 Å². The molecule has 0 saturated carbocycles. The van der Waals surface area contributed by atoms with Crippen LogP contribution in [0.15, 0.2) is 90.5 Å². The number of hydrogen-bond donors (Lipinski definition) is 2. The molecule has 5 nitrogen and oxygen atoms in total. The van der Waals surface area contributed by atoms with Gasteiger partial charge in [0.25, 0.3) is 0 Å². The largest absolute Gasteiger partial charge is 0.497 e. The predicted molar refractivity (Wildman–Crippen MR) is 112 cm³/mol. The SMILES string of the molecule is COc1ccc([C@@H]2NC(=O)NC(c3ccccc3)=C2C(=O)c2ccccc2)cc1. The standard InChI is InChI=1S/C24H20N2O3/c1-29-19-14-12-17(13-15-19)22-20(23(27)18-10-6-3-7-11-18)21(25-24(28)26-22)16-8-4-2-5-9-16/h2-15,22H,1H3,(H2,25,26,28)/t22-/m0/s1. The molecule has 0 unspecified atom stereocenters.